The second-order valence-electron chi connectivity index (χ2n) is 5.32. The Morgan fingerprint density at radius 1 is 1.16 bits per heavy atom. The molecule has 0 saturated heterocycles. The topological polar surface area (TPSA) is 72.2 Å². The smallest absolute Gasteiger partial charge is 0.240 e. The number of rotatable bonds is 4. The van der Waals surface area contributed by atoms with Crippen molar-refractivity contribution >= 4 is 15.7 Å². The monoisotopic (exact) mass is 282 g/mol. The van der Waals surface area contributed by atoms with E-state index in [0.29, 0.717) is 10.6 Å². The van der Waals surface area contributed by atoms with Crippen molar-refractivity contribution in [3.8, 4) is 0 Å². The van der Waals surface area contributed by atoms with Gasteiger partial charge in [0.15, 0.2) is 0 Å². The molecule has 0 aliphatic heterocycles. The summed E-state index contributed by atoms with van der Waals surface area (Å²) in [5, 5.41) is 0. The Morgan fingerprint density at radius 2 is 1.74 bits per heavy atom. The first-order valence-corrected chi connectivity index (χ1v) is 8.37. The van der Waals surface area contributed by atoms with Gasteiger partial charge < -0.3 is 5.73 Å². The molecule has 0 heterocycles. The maximum Gasteiger partial charge on any atom is 0.240 e. The Labute approximate surface area is 115 Å². The molecule has 1 aliphatic rings. The van der Waals surface area contributed by atoms with Crippen LogP contribution < -0.4 is 10.5 Å². The van der Waals surface area contributed by atoms with Crippen LogP contribution in [0.1, 0.15) is 39.0 Å². The quantitative estimate of drug-likeness (QED) is 0.833. The Balaban J connectivity index is 2.00. The molecule has 1 saturated carbocycles. The van der Waals surface area contributed by atoms with E-state index in [2.05, 4.69) is 11.6 Å². The lowest BCUT2D eigenvalue weighted by molar-refractivity contribution is 0.306. The first-order valence-electron chi connectivity index (χ1n) is 6.89. The van der Waals surface area contributed by atoms with Crippen LogP contribution in [0.15, 0.2) is 29.2 Å². The van der Waals surface area contributed by atoms with Gasteiger partial charge in [-0.2, -0.15) is 0 Å². The summed E-state index contributed by atoms with van der Waals surface area (Å²) < 4.78 is 27.2. The van der Waals surface area contributed by atoms with E-state index in [1.54, 1.807) is 24.3 Å². The van der Waals surface area contributed by atoms with Crippen molar-refractivity contribution in [3.05, 3.63) is 24.3 Å². The maximum atomic E-state index is 12.2. The van der Waals surface area contributed by atoms with Gasteiger partial charge in [0.1, 0.15) is 0 Å². The van der Waals surface area contributed by atoms with Gasteiger partial charge in [-0.25, -0.2) is 13.1 Å². The van der Waals surface area contributed by atoms with Crippen molar-refractivity contribution in [2.24, 2.45) is 5.92 Å². The van der Waals surface area contributed by atoms with Crippen molar-refractivity contribution in [3.63, 3.8) is 0 Å². The van der Waals surface area contributed by atoms with Gasteiger partial charge in [-0.15, -0.1) is 0 Å². The number of benzene rings is 1. The van der Waals surface area contributed by atoms with Gasteiger partial charge in [-0.05, 0) is 55.9 Å². The Bertz CT molecular complexity index is 503. The molecule has 5 heteroatoms. The highest BCUT2D eigenvalue weighted by Crippen LogP contribution is 2.27. The largest absolute Gasteiger partial charge is 0.399 e. The number of nitrogen functional groups attached to an aromatic ring is 1. The molecule has 0 aromatic heterocycles. The summed E-state index contributed by atoms with van der Waals surface area (Å²) in [7, 11) is -3.41. The fourth-order valence-electron chi connectivity index (χ4n) is 2.62. The van der Waals surface area contributed by atoms with Crippen LogP contribution in [0.3, 0.4) is 0 Å². The van der Waals surface area contributed by atoms with Crippen molar-refractivity contribution in [2.45, 2.75) is 50.0 Å². The third kappa shape index (κ3) is 3.70. The third-order valence-electron chi connectivity index (χ3n) is 3.94. The number of sulfonamides is 1. The zero-order valence-electron chi connectivity index (χ0n) is 11.3. The summed E-state index contributed by atoms with van der Waals surface area (Å²) >= 11 is 0. The lowest BCUT2D eigenvalue weighted by Gasteiger charge is -2.28. The Kier molecular flexibility index (Phi) is 4.47. The van der Waals surface area contributed by atoms with E-state index in [1.807, 2.05) is 0 Å². The zero-order chi connectivity index (χ0) is 13.9. The van der Waals surface area contributed by atoms with E-state index < -0.39 is 10.0 Å². The summed E-state index contributed by atoms with van der Waals surface area (Å²) in [5.74, 6) is 0.761. The molecule has 1 fully saturated rings. The molecule has 1 aromatic rings. The normalized spacial score (nSPS) is 24.3. The fourth-order valence-corrected chi connectivity index (χ4v) is 3.93. The van der Waals surface area contributed by atoms with Crippen LogP contribution in [0.4, 0.5) is 5.69 Å². The minimum Gasteiger partial charge on any atom is -0.399 e. The molecule has 0 spiro atoms. The summed E-state index contributed by atoms with van der Waals surface area (Å²) in [6.45, 7) is 2.20. The molecule has 1 aromatic carbocycles. The van der Waals surface area contributed by atoms with E-state index in [-0.39, 0.29) is 6.04 Å². The number of hydrogen-bond acceptors (Lipinski definition) is 3. The SMILES string of the molecule is CCC1CCC(NS(=O)(=O)c2ccc(N)cc2)CC1. The number of hydrogen-bond donors (Lipinski definition) is 2. The number of nitrogens with one attached hydrogen (secondary N) is 1. The van der Waals surface area contributed by atoms with Crippen LogP contribution >= 0.6 is 0 Å². The summed E-state index contributed by atoms with van der Waals surface area (Å²) in [4.78, 5) is 0.291. The van der Waals surface area contributed by atoms with E-state index in [1.165, 1.54) is 6.42 Å². The Morgan fingerprint density at radius 3 is 2.26 bits per heavy atom. The molecule has 19 heavy (non-hydrogen) atoms. The highest BCUT2D eigenvalue weighted by molar-refractivity contribution is 7.89. The van der Waals surface area contributed by atoms with Crippen LogP contribution in [0.5, 0.6) is 0 Å². The average molecular weight is 282 g/mol. The molecule has 0 atom stereocenters. The van der Waals surface area contributed by atoms with Crippen molar-refractivity contribution < 1.29 is 8.42 Å². The molecular formula is C14H22N2O2S. The van der Waals surface area contributed by atoms with Crippen molar-refractivity contribution in [1.82, 2.24) is 4.72 Å². The predicted octanol–water partition coefficient (Wildman–Crippen LogP) is 2.52. The first kappa shape index (κ1) is 14.3. The van der Waals surface area contributed by atoms with Crippen LogP contribution in [-0.4, -0.2) is 14.5 Å². The highest BCUT2D eigenvalue weighted by atomic mass is 32.2. The minimum atomic E-state index is -3.41. The van der Waals surface area contributed by atoms with Gasteiger partial charge in [0.25, 0.3) is 0 Å². The summed E-state index contributed by atoms with van der Waals surface area (Å²) in [5.41, 5.74) is 6.14. The molecule has 3 N–H and O–H groups in total. The predicted molar refractivity (Wildman–Crippen MR) is 77.2 cm³/mol. The zero-order valence-corrected chi connectivity index (χ0v) is 12.1. The molecule has 0 radical (unpaired) electrons. The summed E-state index contributed by atoms with van der Waals surface area (Å²) in [6, 6.07) is 6.40. The molecule has 0 amide bonds. The van der Waals surface area contributed by atoms with Crippen LogP contribution in [0.2, 0.25) is 0 Å². The first-order chi connectivity index (χ1) is 9.01. The second kappa shape index (κ2) is 5.92. The van der Waals surface area contributed by atoms with Gasteiger partial charge in [-0.3, -0.25) is 0 Å². The van der Waals surface area contributed by atoms with Gasteiger partial charge >= 0.3 is 0 Å². The molecule has 1 aliphatic carbocycles. The number of anilines is 1. The van der Waals surface area contributed by atoms with Gasteiger partial charge in [0.05, 0.1) is 4.90 Å². The molecule has 2 rings (SSSR count). The molecule has 0 unspecified atom stereocenters. The Hall–Kier alpha value is -1.07. The van der Waals surface area contributed by atoms with Crippen molar-refractivity contribution in [1.29, 1.82) is 0 Å². The van der Waals surface area contributed by atoms with Crippen LogP contribution in [0.25, 0.3) is 0 Å². The van der Waals surface area contributed by atoms with Crippen LogP contribution in [-0.2, 0) is 10.0 Å². The van der Waals surface area contributed by atoms with Gasteiger partial charge in [0, 0.05) is 11.7 Å². The lowest BCUT2D eigenvalue weighted by Crippen LogP contribution is -2.37. The molecule has 0 bridgehead atoms. The maximum absolute atomic E-state index is 12.2. The standard InChI is InChI=1S/C14H22N2O2S/c1-2-11-3-7-13(8-4-11)16-19(17,18)14-9-5-12(15)6-10-14/h5-6,9-11,13,16H,2-4,7-8,15H2,1H3. The second-order valence-corrected chi connectivity index (χ2v) is 7.03. The molecule has 106 valence electrons. The van der Waals surface area contributed by atoms with E-state index in [0.717, 1.165) is 31.6 Å². The average Bonchev–Trinajstić information content (AvgIpc) is 2.40. The van der Waals surface area contributed by atoms with E-state index in [9.17, 15) is 8.42 Å². The lowest BCUT2D eigenvalue weighted by atomic mass is 9.85. The minimum absolute atomic E-state index is 0.0744. The van der Waals surface area contributed by atoms with Crippen LogP contribution in [0, 0.1) is 5.92 Å². The highest BCUT2D eigenvalue weighted by Gasteiger charge is 2.24. The summed E-state index contributed by atoms with van der Waals surface area (Å²) in [6.07, 6.45) is 5.30. The van der Waals surface area contributed by atoms with Gasteiger partial charge in [0.2, 0.25) is 10.0 Å². The van der Waals surface area contributed by atoms with E-state index in [4.69, 9.17) is 5.73 Å². The van der Waals surface area contributed by atoms with Gasteiger partial charge in [-0.1, -0.05) is 13.3 Å². The number of nitrogens with two attached hydrogens (primary N) is 1. The molecule has 4 nitrogen and oxygen atoms in total. The fraction of sp³-hybridized carbons (Fsp3) is 0.571. The third-order valence-corrected chi connectivity index (χ3v) is 5.47. The van der Waals surface area contributed by atoms with Crippen molar-refractivity contribution in [2.75, 3.05) is 5.73 Å². The van der Waals surface area contributed by atoms with E-state index >= 15 is 0 Å². The molecular weight excluding hydrogens is 260 g/mol.